The Bertz CT molecular complexity index is 1060. The van der Waals surface area contributed by atoms with E-state index in [0.29, 0.717) is 11.3 Å². The molecular weight excluding hydrogens is 468 g/mol. The number of carbonyl (C=O) groups excluding carboxylic acids is 4. The summed E-state index contributed by atoms with van der Waals surface area (Å²) in [5.74, 6) is -2.56. The summed E-state index contributed by atoms with van der Waals surface area (Å²) in [6.45, 7) is 9.18. The average molecular weight is 503 g/mol. The van der Waals surface area contributed by atoms with E-state index in [1.165, 1.54) is 36.6 Å². The van der Waals surface area contributed by atoms with Crippen LogP contribution in [-0.2, 0) is 19.1 Å². The highest BCUT2D eigenvalue weighted by Gasteiger charge is 2.31. The van der Waals surface area contributed by atoms with Crippen molar-refractivity contribution in [1.82, 2.24) is 5.32 Å². The number of hydrogen-bond acceptors (Lipinski definition) is 8. The minimum atomic E-state index is -0.841. The molecule has 1 aromatic heterocycles. The Hall–Kier alpha value is -3.20. The number of anilines is 1. The first-order chi connectivity index (χ1) is 16.3. The zero-order valence-electron chi connectivity index (χ0n) is 21.0. The fourth-order valence-corrected chi connectivity index (χ4v) is 4.38. The molecule has 0 saturated carbocycles. The monoisotopic (exact) mass is 502 g/mol. The summed E-state index contributed by atoms with van der Waals surface area (Å²) in [5.41, 5.74) is 5.82. The van der Waals surface area contributed by atoms with Crippen molar-refractivity contribution in [2.24, 2.45) is 5.92 Å². The highest BCUT2D eigenvalue weighted by Crippen LogP contribution is 2.27. The Morgan fingerprint density at radius 1 is 1.11 bits per heavy atom. The second kappa shape index (κ2) is 12.0. The van der Waals surface area contributed by atoms with Gasteiger partial charge in [0, 0.05) is 16.1 Å². The predicted molar refractivity (Wildman–Crippen MR) is 135 cm³/mol. The molecular formula is C26H34N2O6S. The molecule has 0 fully saturated rings. The number of esters is 2. The van der Waals surface area contributed by atoms with E-state index in [-0.39, 0.29) is 34.9 Å². The van der Waals surface area contributed by atoms with E-state index in [9.17, 15) is 19.2 Å². The molecule has 190 valence electrons. The molecule has 1 aromatic carbocycles. The maximum absolute atomic E-state index is 13.4. The van der Waals surface area contributed by atoms with Crippen molar-refractivity contribution in [3.05, 3.63) is 51.7 Å². The zero-order chi connectivity index (χ0) is 26.3. The van der Waals surface area contributed by atoms with E-state index < -0.39 is 35.4 Å². The van der Waals surface area contributed by atoms with Gasteiger partial charge in [-0.15, -0.1) is 11.3 Å². The van der Waals surface area contributed by atoms with Gasteiger partial charge in [-0.2, -0.15) is 0 Å². The van der Waals surface area contributed by atoms with E-state index in [4.69, 9.17) is 15.2 Å². The van der Waals surface area contributed by atoms with Crippen LogP contribution in [0.5, 0.6) is 0 Å². The number of nitrogens with two attached hydrogens (primary N) is 1. The number of nitrogen functional groups attached to an aromatic ring is 1. The molecule has 2 rings (SSSR count). The molecule has 8 nitrogen and oxygen atoms in total. The first-order valence-corrected chi connectivity index (χ1v) is 12.3. The van der Waals surface area contributed by atoms with Gasteiger partial charge >= 0.3 is 11.9 Å². The van der Waals surface area contributed by atoms with E-state index >= 15 is 0 Å². The van der Waals surface area contributed by atoms with Crippen LogP contribution >= 0.6 is 11.3 Å². The third kappa shape index (κ3) is 8.20. The van der Waals surface area contributed by atoms with Gasteiger partial charge in [-0.1, -0.05) is 26.0 Å². The standard InChI is InChI=1S/C26H34N2O6S/c1-15(2)12-20(23(30)16-9-10-17(19(27)13-16)25(32)33-6)28-24(31)18(21-8-7-11-35-21)14-22(29)34-26(3,4)5/h7-11,13,15,18,20H,12,14,27H2,1-6H3,(H,28,31)/t18-,20-/m0/s1. The molecule has 2 aromatic rings. The van der Waals surface area contributed by atoms with Gasteiger partial charge < -0.3 is 20.5 Å². The lowest BCUT2D eigenvalue weighted by Crippen LogP contribution is -2.44. The molecule has 0 aliphatic carbocycles. The quantitative estimate of drug-likeness (QED) is 0.281. The van der Waals surface area contributed by atoms with E-state index in [2.05, 4.69) is 5.32 Å². The molecule has 1 heterocycles. The van der Waals surface area contributed by atoms with Crippen LogP contribution in [0.15, 0.2) is 35.7 Å². The average Bonchev–Trinajstić information content (AvgIpc) is 3.28. The number of rotatable bonds is 10. The summed E-state index contributed by atoms with van der Waals surface area (Å²) in [7, 11) is 1.25. The molecule has 2 atom stereocenters. The Balaban J connectivity index is 2.29. The van der Waals surface area contributed by atoms with Gasteiger partial charge in [0.2, 0.25) is 5.91 Å². The van der Waals surface area contributed by atoms with Gasteiger partial charge in [-0.25, -0.2) is 4.79 Å². The fraction of sp³-hybridized carbons (Fsp3) is 0.462. The van der Waals surface area contributed by atoms with Gasteiger partial charge in [-0.3, -0.25) is 14.4 Å². The largest absolute Gasteiger partial charge is 0.465 e. The summed E-state index contributed by atoms with van der Waals surface area (Å²) >= 11 is 1.36. The first-order valence-electron chi connectivity index (χ1n) is 11.4. The van der Waals surface area contributed by atoms with Crippen LogP contribution in [0.3, 0.4) is 0 Å². The van der Waals surface area contributed by atoms with Crippen LogP contribution in [0.4, 0.5) is 5.69 Å². The third-order valence-corrected chi connectivity index (χ3v) is 6.06. The number of benzene rings is 1. The summed E-state index contributed by atoms with van der Waals surface area (Å²) in [6.07, 6.45) is 0.236. The van der Waals surface area contributed by atoms with Gasteiger partial charge in [0.15, 0.2) is 5.78 Å². The van der Waals surface area contributed by atoms with Crippen LogP contribution in [0.1, 0.15) is 79.0 Å². The van der Waals surface area contributed by atoms with Crippen LogP contribution in [0, 0.1) is 5.92 Å². The molecule has 0 aliphatic heterocycles. The Morgan fingerprint density at radius 2 is 1.80 bits per heavy atom. The Kier molecular flexibility index (Phi) is 9.59. The van der Waals surface area contributed by atoms with Gasteiger partial charge in [0.25, 0.3) is 0 Å². The number of thiophene rings is 1. The highest BCUT2D eigenvalue weighted by molar-refractivity contribution is 7.10. The number of ether oxygens (including phenoxy) is 2. The number of Topliss-reactive ketones (excluding diaryl/α,β-unsaturated/α-hetero) is 1. The van der Waals surface area contributed by atoms with Crippen molar-refractivity contribution < 1.29 is 28.7 Å². The second-order valence-corrected chi connectivity index (χ2v) is 10.7. The van der Waals surface area contributed by atoms with E-state index in [1.54, 1.807) is 32.9 Å². The van der Waals surface area contributed by atoms with Crippen LogP contribution in [0.2, 0.25) is 0 Å². The molecule has 0 aliphatic rings. The smallest absolute Gasteiger partial charge is 0.339 e. The third-order valence-electron chi connectivity index (χ3n) is 5.08. The summed E-state index contributed by atoms with van der Waals surface area (Å²) in [4.78, 5) is 51.8. The first kappa shape index (κ1) is 28.0. The number of carbonyl (C=O) groups is 4. The van der Waals surface area contributed by atoms with Crippen LogP contribution < -0.4 is 11.1 Å². The van der Waals surface area contributed by atoms with Crippen molar-refractivity contribution in [2.45, 2.75) is 65.0 Å². The zero-order valence-corrected chi connectivity index (χ0v) is 21.9. The van der Waals surface area contributed by atoms with Gasteiger partial charge in [-0.05, 0) is 56.7 Å². The van der Waals surface area contributed by atoms with Crippen molar-refractivity contribution in [2.75, 3.05) is 12.8 Å². The van der Waals surface area contributed by atoms with Crippen LogP contribution in [-0.4, -0.2) is 42.4 Å². The maximum atomic E-state index is 13.4. The Morgan fingerprint density at radius 3 is 2.31 bits per heavy atom. The molecule has 9 heteroatoms. The second-order valence-electron chi connectivity index (χ2n) is 9.71. The maximum Gasteiger partial charge on any atom is 0.339 e. The molecule has 1 amide bonds. The lowest BCUT2D eigenvalue weighted by molar-refractivity contribution is -0.156. The Labute approximate surface area is 210 Å². The number of amides is 1. The SMILES string of the molecule is COC(=O)c1ccc(C(=O)[C@H](CC(C)C)NC(=O)[C@@H](CC(=O)OC(C)(C)C)c2cccs2)cc1N. The molecule has 0 radical (unpaired) electrons. The molecule has 0 bridgehead atoms. The molecule has 0 unspecified atom stereocenters. The predicted octanol–water partition coefficient (Wildman–Crippen LogP) is 4.35. The van der Waals surface area contributed by atoms with Crippen molar-refractivity contribution >= 4 is 40.7 Å². The number of nitrogens with one attached hydrogen (secondary N) is 1. The molecule has 0 spiro atoms. The number of hydrogen-bond donors (Lipinski definition) is 2. The number of ketones is 1. The lowest BCUT2D eigenvalue weighted by Gasteiger charge is -2.24. The summed E-state index contributed by atoms with van der Waals surface area (Å²) in [6, 6.07) is 7.07. The van der Waals surface area contributed by atoms with Gasteiger partial charge in [0.1, 0.15) is 5.60 Å². The van der Waals surface area contributed by atoms with Crippen molar-refractivity contribution in [3.8, 4) is 0 Å². The fourth-order valence-electron chi connectivity index (χ4n) is 3.55. The van der Waals surface area contributed by atoms with Crippen molar-refractivity contribution in [3.63, 3.8) is 0 Å². The van der Waals surface area contributed by atoms with E-state index in [1.807, 2.05) is 19.2 Å². The molecule has 35 heavy (non-hydrogen) atoms. The normalized spacial score (nSPS) is 13.1. The molecule has 0 saturated heterocycles. The number of methoxy groups -OCH3 is 1. The lowest BCUT2D eigenvalue weighted by atomic mass is 9.93. The van der Waals surface area contributed by atoms with E-state index in [0.717, 1.165) is 0 Å². The summed E-state index contributed by atoms with van der Waals surface area (Å²) < 4.78 is 10.1. The minimum absolute atomic E-state index is 0.0991. The van der Waals surface area contributed by atoms with Crippen molar-refractivity contribution in [1.29, 1.82) is 0 Å². The summed E-state index contributed by atoms with van der Waals surface area (Å²) in [5, 5.41) is 4.68. The minimum Gasteiger partial charge on any atom is -0.465 e. The topological polar surface area (TPSA) is 125 Å². The highest BCUT2D eigenvalue weighted by atomic mass is 32.1. The molecule has 3 N–H and O–H groups in total. The van der Waals surface area contributed by atoms with Gasteiger partial charge in [0.05, 0.1) is 31.1 Å². The van der Waals surface area contributed by atoms with Crippen LogP contribution in [0.25, 0.3) is 0 Å².